The first-order valence-electron chi connectivity index (χ1n) is 9.27. The lowest BCUT2D eigenvalue weighted by Gasteiger charge is -2.32. The molecule has 0 bridgehead atoms. The molecule has 1 aliphatic heterocycles. The number of nitrogens with zero attached hydrogens (tertiary/aromatic N) is 5. The van der Waals surface area contributed by atoms with Crippen molar-refractivity contribution in [3.05, 3.63) is 42.0 Å². The zero-order chi connectivity index (χ0) is 18.4. The van der Waals surface area contributed by atoms with Crippen molar-refractivity contribution in [1.29, 1.82) is 0 Å². The smallest absolute Gasteiger partial charge is 0.191 e. The van der Waals surface area contributed by atoms with Gasteiger partial charge < -0.3 is 15.5 Å². The Bertz CT molecular complexity index is 718. The Morgan fingerprint density at radius 2 is 1.81 bits per heavy atom. The summed E-state index contributed by atoms with van der Waals surface area (Å²) in [5.74, 6) is 2.48. The number of nitrogens with one attached hydrogen (secondary N) is 2. The van der Waals surface area contributed by atoms with Crippen LogP contribution in [0.4, 0.5) is 5.69 Å². The number of hydrogen-bond acceptors (Lipinski definition) is 4. The molecule has 8 heteroatoms. The first-order chi connectivity index (χ1) is 12.7. The van der Waals surface area contributed by atoms with Crippen LogP contribution in [0, 0.1) is 5.92 Å². The third-order valence-corrected chi connectivity index (χ3v) is 4.99. The summed E-state index contributed by atoms with van der Waals surface area (Å²) in [5, 5.41) is 10.7. The molecule has 0 atom stereocenters. The van der Waals surface area contributed by atoms with E-state index in [2.05, 4.69) is 61.8 Å². The number of hydrogen-bond donors (Lipinski definition) is 2. The molecule has 0 spiro atoms. The first kappa shape index (κ1) is 21.5. The fourth-order valence-electron chi connectivity index (χ4n) is 3.14. The van der Waals surface area contributed by atoms with Gasteiger partial charge in [0, 0.05) is 39.4 Å². The van der Waals surface area contributed by atoms with Gasteiger partial charge in [-0.3, -0.25) is 9.67 Å². The zero-order valence-corrected chi connectivity index (χ0v) is 18.7. The number of piperidine rings is 1. The van der Waals surface area contributed by atoms with E-state index in [1.54, 1.807) is 18.1 Å². The highest BCUT2D eigenvalue weighted by atomic mass is 127. The van der Waals surface area contributed by atoms with E-state index >= 15 is 0 Å². The number of aryl methyl sites for hydroxylation is 1. The number of aliphatic imine (C=N–C) groups is 1. The van der Waals surface area contributed by atoms with Crippen LogP contribution in [0.3, 0.4) is 0 Å². The number of aromatic nitrogens is 3. The molecule has 1 aromatic carbocycles. The molecule has 0 saturated carbocycles. The maximum Gasteiger partial charge on any atom is 0.191 e. The standard InChI is InChI=1S/C19H29N7.HI/c1-15-8-10-26(11-9-15)17-6-4-16(5-7-17)12-21-19(20-2)22-13-18-23-14-24-25(18)3;/h4-7,14-15H,8-13H2,1-3H3,(H2,20,21,22);1H. The van der Waals surface area contributed by atoms with Gasteiger partial charge in [-0.15, -0.1) is 24.0 Å². The summed E-state index contributed by atoms with van der Waals surface area (Å²) in [6.07, 6.45) is 4.13. The largest absolute Gasteiger partial charge is 0.372 e. The van der Waals surface area contributed by atoms with Gasteiger partial charge >= 0.3 is 0 Å². The zero-order valence-electron chi connectivity index (χ0n) is 16.4. The van der Waals surface area contributed by atoms with E-state index in [1.165, 1.54) is 24.1 Å². The summed E-state index contributed by atoms with van der Waals surface area (Å²) in [5.41, 5.74) is 2.56. The molecule has 0 amide bonds. The summed E-state index contributed by atoms with van der Waals surface area (Å²) in [6.45, 7) is 5.99. The SMILES string of the molecule is CN=C(NCc1ccc(N2CCC(C)CC2)cc1)NCc1ncnn1C.I. The number of benzene rings is 1. The molecule has 0 unspecified atom stereocenters. The number of anilines is 1. The van der Waals surface area contributed by atoms with Crippen molar-refractivity contribution in [3.63, 3.8) is 0 Å². The van der Waals surface area contributed by atoms with Crippen LogP contribution in [-0.2, 0) is 20.1 Å². The van der Waals surface area contributed by atoms with E-state index in [1.807, 2.05) is 7.05 Å². The van der Waals surface area contributed by atoms with Gasteiger partial charge in [0.15, 0.2) is 5.96 Å². The summed E-state index contributed by atoms with van der Waals surface area (Å²) in [7, 11) is 3.65. The highest BCUT2D eigenvalue weighted by Gasteiger charge is 2.15. The van der Waals surface area contributed by atoms with Crippen LogP contribution >= 0.6 is 24.0 Å². The Morgan fingerprint density at radius 1 is 1.15 bits per heavy atom. The van der Waals surface area contributed by atoms with Crippen LogP contribution in [0.15, 0.2) is 35.6 Å². The molecule has 2 aromatic rings. The van der Waals surface area contributed by atoms with Gasteiger partial charge in [0.2, 0.25) is 0 Å². The van der Waals surface area contributed by atoms with Crippen LogP contribution in [0.25, 0.3) is 0 Å². The van der Waals surface area contributed by atoms with Crippen LogP contribution in [-0.4, -0.2) is 40.9 Å². The number of rotatable bonds is 5. The van der Waals surface area contributed by atoms with Gasteiger partial charge in [-0.25, -0.2) is 4.98 Å². The normalized spacial score (nSPS) is 15.4. The summed E-state index contributed by atoms with van der Waals surface area (Å²) in [6, 6.07) is 8.83. The summed E-state index contributed by atoms with van der Waals surface area (Å²) in [4.78, 5) is 10.9. The maximum atomic E-state index is 4.26. The lowest BCUT2D eigenvalue weighted by molar-refractivity contribution is 0.438. The molecular formula is C19H30IN7. The van der Waals surface area contributed by atoms with Crippen LogP contribution in [0.1, 0.15) is 31.2 Å². The average molecular weight is 483 g/mol. The van der Waals surface area contributed by atoms with Crippen molar-refractivity contribution in [2.75, 3.05) is 25.0 Å². The van der Waals surface area contributed by atoms with Gasteiger partial charge in [-0.2, -0.15) is 5.10 Å². The van der Waals surface area contributed by atoms with Gasteiger partial charge in [0.25, 0.3) is 0 Å². The fourth-order valence-corrected chi connectivity index (χ4v) is 3.14. The van der Waals surface area contributed by atoms with Crippen molar-refractivity contribution < 1.29 is 0 Å². The Hall–Kier alpha value is -1.84. The van der Waals surface area contributed by atoms with Crippen molar-refractivity contribution in [1.82, 2.24) is 25.4 Å². The van der Waals surface area contributed by atoms with Crippen LogP contribution in [0.2, 0.25) is 0 Å². The van der Waals surface area contributed by atoms with Crippen LogP contribution < -0.4 is 15.5 Å². The predicted octanol–water partition coefficient (Wildman–Crippen LogP) is 2.53. The van der Waals surface area contributed by atoms with Crippen molar-refractivity contribution in [3.8, 4) is 0 Å². The van der Waals surface area contributed by atoms with E-state index < -0.39 is 0 Å². The Balaban J connectivity index is 0.00000261. The fraction of sp³-hybridized carbons (Fsp3) is 0.526. The monoisotopic (exact) mass is 483 g/mol. The summed E-state index contributed by atoms with van der Waals surface area (Å²) >= 11 is 0. The van der Waals surface area contributed by atoms with Crippen molar-refractivity contribution in [2.45, 2.75) is 32.9 Å². The molecule has 1 aromatic heterocycles. The second kappa shape index (κ2) is 10.5. The molecule has 27 heavy (non-hydrogen) atoms. The van der Waals surface area contributed by atoms with E-state index in [4.69, 9.17) is 0 Å². The van der Waals surface area contributed by atoms with Crippen molar-refractivity contribution >= 4 is 35.6 Å². The molecule has 0 radical (unpaired) electrons. The second-order valence-electron chi connectivity index (χ2n) is 6.92. The van der Waals surface area contributed by atoms with Gasteiger partial charge in [0.05, 0.1) is 6.54 Å². The van der Waals surface area contributed by atoms with E-state index in [0.717, 1.165) is 37.3 Å². The molecule has 1 fully saturated rings. The molecule has 7 nitrogen and oxygen atoms in total. The van der Waals surface area contributed by atoms with E-state index in [9.17, 15) is 0 Å². The van der Waals surface area contributed by atoms with Gasteiger partial charge in [0.1, 0.15) is 12.2 Å². The highest BCUT2D eigenvalue weighted by molar-refractivity contribution is 14.0. The van der Waals surface area contributed by atoms with Gasteiger partial charge in [-0.1, -0.05) is 19.1 Å². The second-order valence-corrected chi connectivity index (χ2v) is 6.92. The lowest BCUT2D eigenvalue weighted by Crippen LogP contribution is -2.37. The van der Waals surface area contributed by atoms with E-state index in [0.29, 0.717) is 6.54 Å². The molecular weight excluding hydrogens is 453 g/mol. The minimum atomic E-state index is 0. The molecule has 0 aliphatic carbocycles. The quantitative estimate of drug-likeness (QED) is 0.389. The molecule has 1 saturated heterocycles. The molecule has 2 heterocycles. The maximum absolute atomic E-state index is 4.26. The first-order valence-corrected chi connectivity index (χ1v) is 9.27. The molecule has 2 N–H and O–H groups in total. The van der Waals surface area contributed by atoms with Gasteiger partial charge in [-0.05, 0) is 36.5 Å². The minimum Gasteiger partial charge on any atom is -0.372 e. The molecule has 3 rings (SSSR count). The number of guanidine groups is 1. The Labute approximate surface area is 178 Å². The molecule has 1 aliphatic rings. The van der Waals surface area contributed by atoms with E-state index in [-0.39, 0.29) is 24.0 Å². The Kier molecular flexibility index (Phi) is 8.33. The number of halogens is 1. The third-order valence-electron chi connectivity index (χ3n) is 4.99. The highest BCUT2D eigenvalue weighted by Crippen LogP contribution is 2.23. The molecule has 148 valence electrons. The minimum absolute atomic E-state index is 0. The average Bonchev–Trinajstić information content (AvgIpc) is 3.08. The summed E-state index contributed by atoms with van der Waals surface area (Å²) < 4.78 is 1.75. The predicted molar refractivity (Wildman–Crippen MR) is 121 cm³/mol. The topological polar surface area (TPSA) is 70.4 Å². The van der Waals surface area contributed by atoms with Crippen LogP contribution in [0.5, 0.6) is 0 Å². The van der Waals surface area contributed by atoms with Crippen molar-refractivity contribution in [2.24, 2.45) is 18.0 Å². The lowest BCUT2D eigenvalue weighted by atomic mass is 9.99. The Morgan fingerprint density at radius 3 is 2.41 bits per heavy atom. The third kappa shape index (κ3) is 6.08.